The second-order valence-corrected chi connectivity index (χ2v) is 6.95. The lowest BCUT2D eigenvalue weighted by Crippen LogP contribution is -2.55. The predicted molar refractivity (Wildman–Crippen MR) is 82.2 cm³/mol. The smallest absolute Gasteiger partial charge is 0.0572 e. The van der Waals surface area contributed by atoms with Crippen LogP contribution in [0.3, 0.4) is 0 Å². The fraction of sp³-hybridized carbons (Fsp3) is 1.00. The van der Waals surface area contributed by atoms with Crippen LogP contribution in [0.2, 0.25) is 0 Å². The average molecular weight is 270 g/mol. The molecule has 0 saturated heterocycles. The van der Waals surface area contributed by atoms with Gasteiger partial charge in [0.25, 0.3) is 0 Å². The Bertz CT molecular complexity index is 237. The van der Waals surface area contributed by atoms with Crippen molar-refractivity contribution in [2.75, 3.05) is 20.2 Å². The fourth-order valence-electron chi connectivity index (χ4n) is 3.41. The summed E-state index contributed by atoms with van der Waals surface area (Å²) in [5, 5.41) is 3.81. The monoisotopic (exact) mass is 270 g/mol. The van der Waals surface area contributed by atoms with Crippen LogP contribution in [0.15, 0.2) is 0 Å². The van der Waals surface area contributed by atoms with Crippen LogP contribution < -0.4 is 11.1 Å². The van der Waals surface area contributed by atoms with Gasteiger partial charge in [-0.25, -0.2) is 0 Å². The van der Waals surface area contributed by atoms with Crippen molar-refractivity contribution in [3.8, 4) is 0 Å². The van der Waals surface area contributed by atoms with Gasteiger partial charge in [0.05, 0.1) is 6.10 Å². The third-order valence-corrected chi connectivity index (χ3v) is 5.04. The second kappa shape index (κ2) is 7.61. The molecule has 114 valence electrons. The highest BCUT2D eigenvalue weighted by molar-refractivity contribution is 4.95. The van der Waals surface area contributed by atoms with Crippen molar-refractivity contribution in [3.63, 3.8) is 0 Å². The molecule has 0 heterocycles. The first kappa shape index (κ1) is 16.9. The van der Waals surface area contributed by atoms with Gasteiger partial charge in [-0.15, -0.1) is 0 Å². The van der Waals surface area contributed by atoms with Crippen LogP contribution in [0.5, 0.6) is 0 Å². The number of rotatable bonds is 7. The predicted octanol–water partition coefficient (Wildman–Crippen LogP) is 2.79. The van der Waals surface area contributed by atoms with Crippen LogP contribution in [0.25, 0.3) is 0 Å². The van der Waals surface area contributed by atoms with Gasteiger partial charge < -0.3 is 15.8 Å². The Kier molecular flexibility index (Phi) is 6.78. The molecule has 1 rings (SSSR count). The van der Waals surface area contributed by atoms with Crippen molar-refractivity contribution in [1.29, 1.82) is 0 Å². The van der Waals surface area contributed by atoms with Gasteiger partial charge in [0, 0.05) is 19.2 Å². The molecule has 0 aromatic rings. The summed E-state index contributed by atoms with van der Waals surface area (Å²) >= 11 is 0. The molecule has 0 bridgehead atoms. The summed E-state index contributed by atoms with van der Waals surface area (Å²) in [6, 6.07) is 0. The van der Waals surface area contributed by atoms with Gasteiger partial charge in [-0.1, -0.05) is 27.7 Å². The molecular weight excluding hydrogens is 236 g/mol. The number of ether oxygens (including phenoxy) is 1. The van der Waals surface area contributed by atoms with Gasteiger partial charge in [-0.05, 0) is 50.0 Å². The summed E-state index contributed by atoms with van der Waals surface area (Å²) in [6.45, 7) is 11.1. The Morgan fingerprint density at radius 3 is 2.05 bits per heavy atom. The topological polar surface area (TPSA) is 47.3 Å². The van der Waals surface area contributed by atoms with E-state index in [2.05, 4.69) is 33.0 Å². The summed E-state index contributed by atoms with van der Waals surface area (Å²) in [5.74, 6) is 2.17. The van der Waals surface area contributed by atoms with Gasteiger partial charge in [0.2, 0.25) is 0 Å². The van der Waals surface area contributed by atoms with E-state index < -0.39 is 0 Å². The SMILES string of the molecule is COC1CCC(CN)(NCC(C(C)C)C(C)C)CC1. The summed E-state index contributed by atoms with van der Waals surface area (Å²) in [7, 11) is 1.82. The zero-order valence-electron chi connectivity index (χ0n) is 13.5. The van der Waals surface area contributed by atoms with E-state index in [1.165, 1.54) is 0 Å². The fourth-order valence-corrected chi connectivity index (χ4v) is 3.41. The highest BCUT2D eigenvalue weighted by atomic mass is 16.5. The third-order valence-electron chi connectivity index (χ3n) is 5.04. The van der Waals surface area contributed by atoms with Crippen LogP contribution in [-0.4, -0.2) is 31.8 Å². The van der Waals surface area contributed by atoms with Crippen molar-refractivity contribution in [1.82, 2.24) is 5.32 Å². The van der Waals surface area contributed by atoms with E-state index in [1.54, 1.807) is 0 Å². The summed E-state index contributed by atoms with van der Waals surface area (Å²) in [4.78, 5) is 0. The number of hydrogen-bond donors (Lipinski definition) is 2. The van der Waals surface area contributed by atoms with E-state index in [0.29, 0.717) is 6.10 Å². The first-order valence-electron chi connectivity index (χ1n) is 7.92. The van der Waals surface area contributed by atoms with Gasteiger partial charge >= 0.3 is 0 Å². The molecule has 0 atom stereocenters. The molecule has 1 aliphatic rings. The van der Waals surface area contributed by atoms with E-state index in [4.69, 9.17) is 10.5 Å². The molecule has 0 radical (unpaired) electrons. The van der Waals surface area contributed by atoms with Gasteiger partial charge in [-0.3, -0.25) is 0 Å². The minimum absolute atomic E-state index is 0.150. The van der Waals surface area contributed by atoms with Crippen molar-refractivity contribution in [2.45, 2.75) is 65.0 Å². The van der Waals surface area contributed by atoms with E-state index in [9.17, 15) is 0 Å². The zero-order valence-corrected chi connectivity index (χ0v) is 13.5. The van der Waals surface area contributed by atoms with Crippen molar-refractivity contribution in [3.05, 3.63) is 0 Å². The number of nitrogens with two attached hydrogens (primary N) is 1. The van der Waals surface area contributed by atoms with Crippen molar-refractivity contribution >= 4 is 0 Å². The maximum absolute atomic E-state index is 6.06. The molecule has 1 fully saturated rings. The van der Waals surface area contributed by atoms with Gasteiger partial charge in [-0.2, -0.15) is 0 Å². The lowest BCUT2D eigenvalue weighted by molar-refractivity contribution is 0.0408. The Morgan fingerprint density at radius 1 is 1.16 bits per heavy atom. The second-order valence-electron chi connectivity index (χ2n) is 6.95. The highest BCUT2D eigenvalue weighted by Crippen LogP contribution is 2.30. The molecule has 3 heteroatoms. The normalized spacial score (nSPS) is 28.6. The summed E-state index contributed by atoms with van der Waals surface area (Å²) in [5.41, 5.74) is 6.21. The summed E-state index contributed by atoms with van der Waals surface area (Å²) in [6.07, 6.45) is 4.99. The van der Waals surface area contributed by atoms with Gasteiger partial charge in [0.1, 0.15) is 0 Å². The lowest BCUT2D eigenvalue weighted by Gasteiger charge is -2.41. The zero-order chi connectivity index (χ0) is 14.5. The van der Waals surface area contributed by atoms with Crippen LogP contribution in [-0.2, 0) is 4.74 Å². The molecule has 3 N–H and O–H groups in total. The Hall–Kier alpha value is -0.120. The Labute approximate surface area is 119 Å². The van der Waals surface area contributed by atoms with Crippen molar-refractivity contribution < 1.29 is 4.74 Å². The van der Waals surface area contributed by atoms with Crippen molar-refractivity contribution in [2.24, 2.45) is 23.5 Å². The first-order chi connectivity index (χ1) is 8.94. The molecule has 0 unspecified atom stereocenters. The Balaban J connectivity index is 2.52. The highest BCUT2D eigenvalue weighted by Gasteiger charge is 2.34. The van der Waals surface area contributed by atoms with Crippen LogP contribution in [0.1, 0.15) is 53.4 Å². The maximum atomic E-state index is 6.06. The quantitative estimate of drug-likeness (QED) is 0.748. The molecule has 1 saturated carbocycles. The van der Waals surface area contributed by atoms with Crippen LogP contribution in [0, 0.1) is 17.8 Å². The average Bonchev–Trinajstić information content (AvgIpc) is 2.38. The number of methoxy groups -OCH3 is 1. The molecule has 19 heavy (non-hydrogen) atoms. The molecule has 0 amide bonds. The molecular formula is C16H34N2O. The number of nitrogens with one attached hydrogen (secondary N) is 1. The molecule has 0 spiro atoms. The third kappa shape index (κ3) is 4.73. The lowest BCUT2D eigenvalue weighted by atomic mass is 9.78. The largest absolute Gasteiger partial charge is 0.381 e. The molecule has 0 aliphatic heterocycles. The number of hydrogen-bond acceptors (Lipinski definition) is 3. The molecule has 1 aliphatic carbocycles. The first-order valence-corrected chi connectivity index (χ1v) is 7.92. The minimum Gasteiger partial charge on any atom is -0.381 e. The van der Waals surface area contributed by atoms with Crippen LogP contribution >= 0.6 is 0 Å². The molecule has 3 nitrogen and oxygen atoms in total. The minimum atomic E-state index is 0.150. The van der Waals surface area contributed by atoms with Gasteiger partial charge in [0.15, 0.2) is 0 Å². The van der Waals surface area contributed by atoms with E-state index in [0.717, 1.165) is 56.5 Å². The van der Waals surface area contributed by atoms with E-state index in [1.807, 2.05) is 7.11 Å². The van der Waals surface area contributed by atoms with E-state index in [-0.39, 0.29) is 5.54 Å². The molecule has 0 aromatic carbocycles. The Morgan fingerprint density at radius 2 is 1.68 bits per heavy atom. The van der Waals surface area contributed by atoms with Crippen LogP contribution in [0.4, 0.5) is 0 Å². The standard InChI is InChI=1S/C16H34N2O/c1-12(2)15(13(3)4)10-18-16(11-17)8-6-14(19-5)7-9-16/h12-15,18H,6-11,17H2,1-5H3. The molecule has 0 aromatic heterocycles. The maximum Gasteiger partial charge on any atom is 0.0572 e. The van der Waals surface area contributed by atoms with E-state index >= 15 is 0 Å². The summed E-state index contributed by atoms with van der Waals surface area (Å²) < 4.78 is 5.46.